The standard InChI is InChI=1S/C14H22N4O2S/c1-8(2)12(13(15)19)18-6-5-17(14(18)20)7-11-9(3)21-10(4)16-11/h8,12H,5-7H2,1-4H3,(H2,15,19). The van der Waals surface area contributed by atoms with Gasteiger partial charge in [-0.05, 0) is 19.8 Å². The highest BCUT2D eigenvalue weighted by molar-refractivity contribution is 7.11. The van der Waals surface area contributed by atoms with Crippen LogP contribution in [-0.4, -0.2) is 45.9 Å². The van der Waals surface area contributed by atoms with E-state index in [-0.39, 0.29) is 11.9 Å². The molecule has 0 radical (unpaired) electrons. The number of amides is 3. The molecule has 6 nitrogen and oxygen atoms in total. The first-order valence-corrected chi connectivity index (χ1v) is 7.90. The van der Waals surface area contributed by atoms with E-state index < -0.39 is 11.9 Å². The average molecular weight is 310 g/mol. The molecular weight excluding hydrogens is 288 g/mol. The Morgan fingerprint density at radius 3 is 2.52 bits per heavy atom. The number of aryl methyl sites for hydroxylation is 2. The Labute approximate surface area is 128 Å². The molecule has 0 spiro atoms. The minimum atomic E-state index is -0.541. The fraction of sp³-hybridized carbons (Fsp3) is 0.643. The Balaban J connectivity index is 2.11. The normalized spacial score (nSPS) is 16.9. The van der Waals surface area contributed by atoms with Crippen molar-refractivity contribution >= 4 is 23.3 Å². The van der Waals surface area contributed by atoms with Crippen molar-refractivity contribution in [1.82, 2.24) is 14.8 Å². The van der Waals surface area contributed by atoms with E-state index in [4.69, 9.17) is 5.73 Å². The van der Waals surface area contributed by atoms with Crippen molar-refractivity contribution in [2.45, 2.75) is 40.3 Å². The second-order valence-corrected chi connectivity index (χ2v) is 7.13. The zero-order valence-electron chi connectivity index (χ0n) is 12.9. The van der Waals surface area contributed by atoms with Gasteiger partial charge in [-0.1, -0.05) is 13.8 Å². The second kappa shape index (κ2) is 6.01. The molecule has 2 N–H and O–H groups in total. The van der Waals surface area contributed by atoms with Gasteiger partial charge < -0.3 is 15.5 Å². The van der Waals surface area contributed by atoms with Gasteiger partial charge >= 0.3 is 6.03 Å². The number of nitrogens with zero attached hydrogens (tertiary/aromatic N) is 3. The van der Waals surface area contributed by atoms with Crippen molar-refractivity contribution in [3.8, 4) is 0 Å². The molecule has 1 aliphatic rings. The Morgan fingerprint density at radius 1 is 1.38 bits per heavy atom. The van der Waals surface area contributed by atoms with Gasteiger partial charge in [0.25, 0.3) is 0 Å². The molecule has 1 fully saturated rings. The van der Waals surface area contributed by atoms with Crippen LogP contribution in [0.1, 0.15) is 29.4 Å². The van der Waals surface area contributed by atoms with Gasteiger partial charge in [-0.3, -0.25) is 4.79 Å². The Bertz CT molecular complexity index is 555. The van der Waals surface area contributed by atoms with Crippen molar-refractivity contribution in [2.75, 3.05) is 13.1 Å². The smallest absolute Gasteiger partial charge is 0.321 e. The number of rotatable bonds is 5. The van der Waals surface area contributed by atoms with E-state index in [9.17, 15) is 9.59 Å². The van der Waals surface area contributed by atoms with Crippen LogP contribution in [0.2, 0.25) is 0 Å². The minimum Gasteiger partial charge on any atom is -0.368 e. The predicted molar refractivity (Wildman–Crippen MR) is 81.9 cm³/mol. The molecule has 0 bridgehead atoms. The van der Waals surface area contributed by atoms with E-state index in [1.165, 1.54) is 0 Å². The molecule has 1 unspecified atom stereocenters. The summed E-state index contributed by atoms with van der Waals surface area (Å²) in [4.78, 5) is 33.0. The first-order chi connectivity index (χ1) is 9.81. The van der Waals surface area contributed by atoms with Gasteiger partial charge in [0.2, 0.25) is 5.91 Å². The number of nitrogens with two attached hydrogens (primary N) is 1. The number of carbonyl (C=O) groups is 2. The molecule has 0 aliphatic carbocycles. The molecule has 1 aromatic heterocycles. The van der Waals surface area contributed by atoms with Crippen LogP contribution in [-0.2, 0) is 11.3 Å². The zero-order valence-corrected chi connectivity index (χ0v) is 13.7. The molecule has 116 valence electrons. The van der Waals surface area contributed by atoms with Gasteiger partial charge in [-0.25, -0.2) is 9.78 Å². The summed E-state index contributed by atoms with van der Waals surface area (Å²) in [7, 11) is 0. The highest BCUT2D eigenvalue weighted by Gasteiger charge is 2.38. The lowest BCUT2D eigenvalue weighted by Gasteiger charge is -2.28. The molecule has 1 saturated heterocycles. The third-order valence-electron chi connectivity index (χ3n) is 3.73. The number of primary amides is 1. The molecule has 1 aliphatic heterocycles. The van der Waals surface area contributed by atoms with Crippen LogP contribution in [0.15, 0.2) is 0 Å². The average Bonchev–Trinajstić information content (AvgIpc) is 2.85. The van der Waals surface area contributed by atoms with Crippen LogP contribution in [0, 0.1) is 19.8 Å². The largest absolute Gasteiger partial charge is 0.368 e. The fourth-order valence-corrected chi connectivity index (χ4v) is 3.57. The Morgan fingerprint density at radius 2 is 2.05 bits per heavy atom. The van der Waals surface area contributed by atoms with E-state index in [0.717, 1.165) is 15.6 Å². The lowest BCUT2D eigenvalue weighted by Crippen LogP contribution is -2.49. The summed E-state index contributed by atoms with van der Waals surface area (Å²) in [5.41, 5.74) is 6.38. The molecule has 0 saturated carbocycles. The first-order valence-electron chi connectivity index (χ1n) is 7.09. The quantitative estimate of drug-likeness (QED) is 0.895. The number of hydrogen-bond donors (Lipinski definition) is 1. The van der Waals surface area contributed by atoms with Crippen LogP contribution in [0.3, 0.4) is 0 Å². The number of aromatic nitrogens is 1. The van der Waals surface area contributed by atoms with Gasteiger partial charge in [0.1, 0.15) is 6.04 Å². The zero-order chi connectivity index (χ0) is 15.7. The SMILES string of the molecule is Cc1nc(CN2CCN(C(C(N)=O)C(C)C)C2=O)c(C)s1. The molecule has 21 heavy (non-hydrogen) atoms. The fourth-order valence-electron chi connectivity index (χ4n) is 2.75. The maximum atomic E-state index is 12.5. The first kappa shape index (κ1) is 15.8. The molecule has 0 aromatic carbocycles. The maximum Gasteiger partial charge on any atom is 0.321 e. The van der Waals surface area contributed by atoms with E-state index >= 15 is 0 Å². The van der Waals surface area contributed by atoms with Crippen LogP contribution < -0.4 is 5.73 Å². The van der Waals surface area contributed by atoms with E-state index in [0.29, 0.717) is 19.6 Å². The molecular formula is C14H22N4O2S. The molecule has 2 heterocycles. The maximum absolute atomic E-state index is 12.5. The molecule has 2 rings (SSSR count). The summed E-state index contributed by atoms with van der Waals surface area (Å²) in [6.07, 6.45) is 0. The predicted octanol–water partition coefficient (Wildman–Crippen LogP) is 1.51. The highest BCUT2D eigenvalue weighted by Crippen LogP contribution is 2.22. The van der Waals surface area contributed by atoms with Crippen LogP contribution in [0.5, 0.6) is 0 Å². The van der Waals surface area contributed by atoms with Gasteiger partial charge in [-0.2, -0.15) is 0 Å². The Hall–Kier alpha value is -1.63. The summed E-state index contributed by atoms with van der Waals surface area (Å²) in [6.45, 7) is 9.41. The van der Waals surface area contributed by atoms with Crippen molar-refractivity contribution in [1.29, 1.82) is 0 Å². The van der Waals surface area contributed by atoms with Gasteiger partial charge in [-0.15, -0.1) is 11.3 Å². The van der Waals surface area contributed by atoms with Crippen molar-refractivity contribution in [3.05, 3.63) is 15.6 Å². The van der Waals surface area contributed by atoms with Gasteiger partial charge in [0.05, 0.1) is 17.2 Å². The third kappa shape index (κ3) is 3.18. The molecule has 1 atom stereocenters. The summed E-state index contributed by atoms with van der Waals surface area (Å²) in [5.74, 6) is -0.435. The number of thiazole rings is 1. The topological polar surface area (TPSA) is 79.5 Å². The number of hydrogen-bond acceptors (Lipinski definition) is 4. The molecule has 7 heteroatoms. The Kier molecular flexibility index (Phi) is 4.51. The monoisotopic (exact) mass is 310 g/mol. The van der Waals surface area contributed by atoms with Crippen molar-refractivity contribution in [2.24, 2.45) is 11.7 Å². The minimum absolute atomic E-state index is 0.00894. The number of urea groups is 1. The lowest BCUT2D eigenvalue weighted by atomic mass is 10.0. The van der Waals surface area contributed by atoms with E-state index in [1.807, 2.05) is 27.7 Å². The van der Waals surface area contributed by atoms with E-state index in [2.05, 4.69) is 4.98 Å². The second-order valence-electron chi connectivity index (χ2n) is 5.72. The summed E-state index contributed by atoms with van der Waals surface area (Å²) >= 11 is 1.63. The van der Waals surface area contributed by atoms with Gasteiger partial charge in [0, 0.05) is 18.0 Å². The third-order valence-corrected chi connectivity index (χ3v) is 4.65. The van der Waals surface area contributed by atoms with Crippen molar-refractivity contribution < 1.29 is 9.59 Å². The van der Waals surface area contributed by atoms with Crippen LogP contribution in [0.25, 0.3) is 0 Å². The van der Waals surface area contributed by atoms with Gasteiger partial charge in [0.15, 0.2) is 0 Å². The summed E-state index contributed by atoms with van der Waals surface area (Å²) < 4.78 is 0. The lowest BCUT2D eigenvalue weighted by molar-refractivity contribution is -0.123. The molecule has 3 amide bonds. The summed E-state index contributed by atoms with van der Waals surface area (Å²) in [6, 6.07) is -0.668. The number of carbonyl (C=O) groups excluding carboxylic acids is 2. The molecule has 1 aromatic rings. The van der Waals surface area contributed by atoms with Crippen molar-refractivity contribution in [3.63, 3.8) is 0 Å². The van der Waals surface area contributed by atoms with Crippen LogP contribution >= 0.6 is 11.3 Å². The van der Waals surface area contributed by atoms with Crippen LogP contribution in [0.4, 0.5) is 4.79 Å². The van der Waals surface area contributed by atoms with E-state index in [1.54, 1.807) is 21.1 Å². The summed E-state index contributed by atoms with van der Waals surface area (Å²) in [5, 5.41) is 1.00. The highest BCUT2D eigenvalue weighted by atomic mass is 32.1.